The van der Waals surface area contributed by atoms with Gasteiger partial charge in [-0.2, -0.15) is 5.10 Å². The summed E-state index contributed by atoms with van der Waals surface area (Å²) in [6, 6.07) is 19.6. The molecule has 10 nitrogen and oxygen atoms in total. The first-order valence-corrected chi connectivity index (χ1v) is 15.0. The van der Waals surface area contributed by atoms with E-state index in [0.29, 0.717) is 24.7 Å². The van der Waals surface area contributed by atoms with Crippen LogP contribution < -0.4 is 10.5 Å². The van der Waals surface area contributed by atoms with Gasteiger partial charge in [-0.3, -0.25) is 14.4 Å². The quantitative estimate of drug-likeness (QED) is 0.109. The minimum atomic E-state index is -1.60. The molecule has 0 unspecified atom stereocenters. The molecule has 3 aromatic carbocycles. The Morgan fingerprint density at radius 1 is 0.833 bits per heavy atom. The minimum Gasteiger partial charge on any atom is -0.507 e. The molecule has 244 valence electrons. The van der Waals surface area contributed by atoms with Gasteiger partial charge in [0, 0.05) is 44.1 Å². The lowest BCUT2D eigenvalue weighted by Gasteiger charge is -2.35. The van der Waals surface area contributed by atoms with Gasteiger partial charge in [0.2, 0.25) is 5.78 Å². The predicted molar refractivity (Wildman–Crippen MR) is 171 cm³/mol. The maximum Gasteiger partial charge on any atom is 0.294 e. The van der Waals surface area contributed by atoms with Crippen LogP contribution in [-0.4, -0.2) is 67.2 Å². The van der Waals surface area contributed by atoms with Gasteiger partial charge in [0.25, 0.3) is 11.5 Å². The molecule has 5 aromatic rings. The molecule has 0 radical (unpaired) electrons. The molecular weight excluding hydrogens is 625 g/mol. The van der Waals surface area contributed by atoms with E-state index in [-0.39, 0.29) is 37.2 Å². The predicted octanol–water partition coefficient (Wildman–Crippen LogP) is 4.30. The standard InChI is InChI=1S/C35H29F3N6O4/c36-29-16-24(17-30(37)33(29)38)14-25-15-28(34(47)43(20-25)19-23-4-2-1-3-5-23)31(45)18-32(46)35(48)42-12-10-41(11-13-42)26-6-8-27(9-7-26)44-22-39-21-40-44/h1-9,15-18,20-22,45H,10-14,19H2. The summed E-state index contributed by atoms with van der Waals surface area (Å²) in [4.78, 5) is 47.0. The lowest BCUT2D eigenvalue weighted by Crippen LogP contribution is -2.50. The normalized spacial score (nSPS) is 13.5. The molecule has 13 heteroatoms. The van der Waals surface area contributed by atoms with Crippen LogP contribution in [0.1, 0.15) is 22.3 Å². The van der Waals surface area contributed by atoms with Gasteiger partial charge in [0.05, 0.1) is 17.8 Å². The molecule has 6 rings (SSSR count). The zero-order valence-electron chi connectivity index (χ0n) is 25.5. The molecule has 1 N–H and O–H groups in total. The Kier molecular flexibility index (Phi) is 9.19. The van der Waals surface area contributed by atoms with Crippen molar-refractivity contribution in [2.45, 2.75) is 13.0 Å². The zero-order chi connectivity index (χ0) is 33.8. The lowest BCUT2D eigenvalue weighted by molar-refractivity contribution is -0.142. The summed E-state index contributed by atoms with van der Waals surface area (Å²) >= 11 is 0. The Bertz CT molecular complexity index is 2020. The third-order valence-corrected chi connectivity index (χ3v) is 8.01. The summed E-state index contributed by atoms with van der Waals surface area (Å²) in [6.07, 6.45) is 5.09. The summed E-state index contributed by atoms with van der Waals surface area (Å²) < 4.78 is 44.3. The highest BCUT2D eigenvalue weighted by Crippen LogP contribution is 2.21. The topological polar surface area (TPSA) is 114 Å². The van der Waals surface area contributed by atoms with E-state index < -0.39 is 40.5 Å². The first-order valence-electron chi connectivity index (χ1n) is 15.0. The summed E-state index contributed by atoms with van der Waals surface area (Å²) in [5.74, 6) is -6.91. The minimum absolute atomic E-state index is 0.0836. The number of aliphatic hydroxyl groups excluding tert-OH is 1. The Balaban J connectivity index is 1.19. The van der Waals surface area contributed by atoms with Gasteiger partial charge in [0.15, 0.2) is 17.5 Å². The first-order chi connectivity index (χ1) is 23.2. The second-order valence-electron chi connectivity index (χ2n) is 11.3. The van der Waals surface area contributed by atoms with Crippen molar-refractivity contribution < 1.29 is 27.9 Å². The number of amides is 1. The van der Waals surface area contributed by atoms with Gasteiger partial charge in [-0.05, 0) is 65.6 Å². The number of hydrogen-bond donors (Lipinski definition) is 1. The fraction of sp³-hybridized carbons (Fsp3) is 0.171. The third-order valence-electron chi connectivity index (χ3n) is 8.01. The largest absolute Gasteiger partial charge is 0.507 e. The highest BCUT2D eigenvalue weighted by Gasteiger charge is 2.26. The Labute approximate surface area is 272 Å². The van der Waals surface area contributed by atoms with Crippen LogP contribution in [0.4, 0.5) is 18.9 Å². The van der Waals surface area contributed by atoms with Crippen LogP contribution in [0, 0.1) is 17.5 Å². The highest BCUT2D eigenvalue weighted by atomic mass is 19.2. The van der Waals surface area contributed by atoms with Gasteiger partial charge >= 0.3 is 0 Å². The summed E-state index contributed by atoms with van der Waals surface area (Å²) in [5.41, 5.74) is 2.02. The van der Waals surface area contributed by atoms with Crippen LogP contribution >= 0.6 is 0 Å². The van der Waals surface area contributed by atoms with Crippen molar-refractivity contribution >= 4 is 23.1 Å². The Hall–Kier alpha value is -5.98. The van der Waals surface area contributed by atoms with Crippen molar-refractivity contribution in [3.8, 4) is 5.69 Å². The average Bonchev–Trinajstić information content (AvgIpc) is 3.64. The number of rotatable bonds is 9. The molecule has 3 heterocycles. The van der Waals surface area contributed by atoms with Crippen LogP contribution in [0.5, 0.6) is 0 Å². The van der Waals surface area contributed by atoms with Gasteiger partial charge in [-0.15, -0.1) is 0 Å². The second-order valence-corrected chi connectivity index (χ2v) is 11.3. The summed E-state index contributed by atoms with van der Waals surface area (Å²) in [7, 11) is 0. The number of halogens is 3. The monoisotopic (exact) mass is 654 g/mol. The smallest absolute Gasteiger partial charge is 0.294 e. The SMILES string of the molecule is O=C(C=C(O)c1cc(Cc2cc(F)c(F)c(F)c2)cn(Cc2ccccc2)c1=O)C(=O)N1CCN(c2ccc(-n3cncn3)cc2)CC1. The molecule has 0 atom stereocenters. The van der Waals surface area contributed by atoms with E-state index >= 15 is 0 Å². The number of carbonyl (C=O) groups is 2. The van der Waals surface area contributed by atoms with Crippen LogP contribution in [0.3, 0.4) is 0 Å². The van der Waals surface area contributed by atoms with Crippen molar-refractivity contribution in [3.05, 3.63) is 148 Å². The number of pyridine rings is 1. The van der Waals surface area contributed by atoms with Crippen LogP contribution in [0.2, 0.25) is 0 Å². The second kappa shape index (κ2) is 13.8. The molecule has 48 heavy (non-hydrogen) atoms. The van der Waals surface area contributed by atoms with Crippen molar-refractivity contribution in [1.82, 2.24) is 24.2 Å². The van der Waals surface area contributed by atoms with E-state index in [0.717, 1.165) is 29.1 Å². The number of piperazine rings is 1. The van der Waals surface area contributed by atoms with Crippen LogP contribution in [0.15, 0.2) is 103 Å². The molecule has 1 fully saturated rings. The fourth-order valence-corrected chi connectivity index (χ4v) is 5.57. The van der Waals surface area contributed by atoms with E-state index in [2.05, 4.69) is 15.0 Å². The van der Waals surface area contributed by atoms with Gasteiger partial charge in [-0.1, -0.05) is 30.3 Å². The Morgan fingerprint density at radius 2 is 1.50 bits per heavy atom. The van der Waals surface area contributed by atoms with Crippen molar-refractivity contribution in [2.75, 3.05) is 31.1 Å². The molecule has 0 aliphatic carbocycles. The van der Waals surface area contributed by atoms with Gasteiger partial charge < -0.3 is 19.5 Å². The molecule has 1 aliphatic rings. The summed E-state index contributed by atoms with van der Waals surface area (Å²) in [6.45, 7) is 1.53. The molecule has 1 aliphatic heterocycles. The number of benzene rings is 3. The molecular formula is C35H29F3N6O4. The van der Waals surface area contributed by atoms with E-state index in [1.807, 2.05) is 24.3 Å². The molecule has 1 amide bonds. The van der Waals surface area contributed by atoms with Crippen molar-refractivity contribution in [2.24, 2.45) is 0 Å². The first kappa shape index (κ1) is 32.0. The number of carbonyl (C=O) groups excluding carboxylic acids is 2. The van der Waals surface area contributed by atoms with E-state index in [1.54, 1.807) is 41.3 Å². The van der Waals surface area contributed by atoms with E-state index in [1.165, 1.54) is 28.1 Å². The molecule has 0 spiro atoms. The maximum absolute atomic E-state index is 13.9. The van der Waals surface area contributed by atoms with E-state index in [9.17, 15) is 32.7 Å². The average molecular weight is 655 g/mol. The third kappa shape index (κ3) is 7.04. The fourth-order valence-electron chi connectivity index (χ4n) is 5.57. The Morgan fingerprint density at radius 3 is 2.15 bits per heavy atom. The molecule has 0 saturated carbocycles. The molecule has 1 saturated heterocycles. The number of nitrogens with zero attached hydrogens (tertiary/aromatic N) is 6. The van der Waals surface area contributed by atoms with Crippen molar-refractivity contribution in [1.29, 1.82) is 0 Å². The lowest BCUT2D eigenvalue weighted by atomic mass is 10.0. The van der Waals surface area contributed by atoms with Crippen molar-refractivity contribution in [3.63, 3.8) is 0 Å². The zero-order valence-corrected chi connectivity index (χ0v) is 25.5. The van der Waals surface area contributed by atoms with Crippen LogP contribution in [-0.2, 0) is 22.6 Å². The summed E-state index contributed by atoms with van der Waals surface area (Å²) in [5, 5.41) is 15.1. The van der Waals surface area contributed by atoms with Gasteiger partial charge in [-0.25, -0.2) is 22.8 Å². The van der Waals surface area contributed by atoms with Crippen LogP contribution in [0.25, 0.3) is 11.4 Å². The van der Waals surface area contributed by atoms with Gasteiger partial charge in [0.1, 0.15) is 18.4 Å². The number of aliphatic hydroxyl groups is 1. The molecule has 2 aromatic heterocycles. The van der Waals surface area contributed by atoms with E-state index in [4.69, 9.17) is 0 Å². The highest BCUT2D eigenvalue weighted by molar-refractivity contribution is 6.41. The number of anilines is 1. The number of aromatic nitrogens is 4. The molecule has 0 bridgehead atoms. The number of hydrogen-bond acceptors (Lipinski definition) is 7. The number of ketones is 1. The maximum atomic E-state index is 13.9.